The van der Waals surface area contributed by atoms with Gasteiger partial charge in [-0.25, -0.2) is 4.98 Å². The molecule has 0 aliphatic carbocycles. The van der Waals surface area contributed by atoms with Crippen LogP contribution in [0.3, 0.4) is 0 Å². The van der Waals surface area contributed by atoms with Gasteiger partial charge in [0.25, 0.3) is 0 Å². The van der Waals surface area contributed by atoms with Crippen molar-refractivity contribution in [3.8, 4) is 10.7 Å². The van der Waals surface area contributed by atoms with Crippen molar-refractivity contribution >= 4 is 22.9 Å². The van der Waals surface area contributed by atoms with Gasteiger partial charge in [-0.1, -0.05) is 18.2 Å². The van der Waals surface area contributed by atoms with Crippen LogP contribution in [0.15, 0.2) is 54.0 Å². The lowest BCUT2D eigenvalue weighted by Crippen LogP contribution is -2.16. The van der Waals surface area contributed by atoms with Crippen molar-refractivity contribution in [3.63, 3.8) is 0 Å². The van der Waals surface area contributed by atoms with E-state index in [9.17, 15) is 18.0 Å². The molecule has 3 rings (SSSR count). The largest absolute Gasteiger partial charge is 0.418 e. The predicted molar refractivity (Wildman–Crippen MR) is 93.7 cm³/mol. The molecule has 2 aromatic heterocycles. The Balaban J connectivity index is 1.61. The second-order valence-electron chi connectivity index (χ2n) is 5.45. The van der Waals surface area contributed by atoms with E-state index in [2.05, 4.69) is 15.3 Å². The van der Waals surface area contributed by atoms with Gasteiger partial charge in [0.05, 0.1) is 22.6 Å². The Morgan fingerprint density at radius 1 is 1.12 bits per heavy atom. The first-order valence-corrected chi connectivity index (χ1v) is 8.63. The molecule has 26 heavy (non-hydrogen) atoms. The molecule has 0 saturated carbocycles. The van der Waals surface area contributed by atoms with Gasteiger partial charge in [-0.3, -0.25) is 9.78 Å². The van der Waals surface area contributed by atoms with Crippen molar-refractivity contribution < 1.29 is 18.0 Å². The molecule has 0 saturated heterocycles. The van der Waals surface area contributed by atoms with Crippen molar-refractivity contribution in [1.82, 2.24) is 9.97 Å². The molecule has 8 heteroatoms. The Hall–Kier alpha value is -2.74. The lowest BCUT2D eigenvalue weighted by atomic mass is 10.1. The number of anilines is 1. The van der Waals surface area contributed by atoms with E-state index in [1.165, 1.54) is 29.5 Å². The minimum atomic E-state index is -4.52. The molecular weight excluding hydrogens is 363 g/mol. The smallest absolute Gasteiger partial charge is 0.325 e. The molecular formula is C18H14F3N3OS. The van der Waals surface area contributed by atoms with E-state index in [4.69, 9.17) is 0 Å². The second-order valence-corrected chi connectivity index (χ2v) is 6.31. The number of thiazole rings is 1. The summed E-state index contributed by atoms with van der Waals surface area (Å²) in [6.45, 7) is 0. The number of hydrogen-bond donors (Lipinski definition) is 1. The van der Waals surface area contributed by atoms with E-state index in [0.29, 0.717) is 12.1 Å². The molecule has 1 amide bonds. The number of halogens is 3. The van der Waals surface area contributed by atoms with Gasteiger partial charge in [0, 0.05) is 18.0 Å². The van der Waals surface area contributed by atoms with Gasteiger partial charge in [0.15, 0.2) is 0 Å². The maximum atomic E-state index is 12.9. The summed E-state index contributed by atoms with van der Waals surface area (Å²) in [5.41, 5.74) is 0.346. The van der Waals surface area contributed by atoms with Crippen LogP contribution in [-0.4, -0.2) is 15.9 Å². The van der Waals surface area contributed by atoms with Gasteiger partial charge in [0.1, 0.15) is 5.01 Å². The number of para-hydroxylation sites is 1. The lowest BCUT2D eigenvalue weighted by molar-refractivity contribution is -0.137. The number of nitrogens with one attached hydrogen (secondary N) is 1. The maximum absolute atomic E-state index is 12.9. The third-order valence-corrected chi connectivity index (χ3v) is 4.46. The molecule has 0 radical (unpaired) electrons. The van der Waals surface area contributed by atoms with Crippen LogP contribution in [0.1, 0.15) is 17.7 Å². The first kappa shape index (κ1) is 18.1. The van der Waals surface area contributed by atoms with Crippen molar-refractivity contribution in [2.24, 2.45) is 0 Å². The molecule has 0 atom stereocenters. The Kier molecular flexibility index (Phi) is 5.32. The van der Waals surface area contributed by atoms with Gasteiger partial charge < -0.3 is 5.32 Å². The second kappa shape index (κ2) is 7.65. The molecule has 0 bridgehead atoms. The highest BCUT2D eigenvalue weighted by molar-refractivity contribution is 7.13. The summed E-state index contributed by atoms with van der Waals surface area (Å²) < 4.78 is 38.8. The summed E-state index contributed by atoms with van der Waals surface area (Å²) in [6.07, 6.45) is -2.47. The van der Waals surface area contributed by atoms with Crippen LogP contribution in [0.4, 0.5) is 18.9 Å². The molecule has 2 heterocycles. The van der Waals surface area contributed by atoms with Gasteiger partial charge in [-0.05, 0) is 30.7 Å². The van der Waals surface area contributed by atoms with E-state index in [0.717, 1.165) is 16.8 Å². The van der Waals surface area contributed by atoms with Crippen molar-refractivity contribution in [2.45, 2.75) is 19.0 Å². The number of carbonyl (C=O) groups is 1. The maximum Gasteiger partial charge on any atom is 0.418 e. The van der Waals surface area contributed by atoms with Crippen molar-refractivity contribution in [3.05, 3.63) is 65.3 Å². The van der Waals surface area contributed by atoms with Gasteiger partial charge in [-0.15, -0.1) is 11.3 Å². The summed E-state index contributed by atoms with van der Waals surface area (Å²) in [5, 5.41) is 4.89. The Morgan fingerprint density at radius 3 is 2.62 bits per heavy atom. The van der Waals surface area contributed by atoms with E-state index in [1.54, 1.807) is 12.3 Å². The Morgan fingerprint density at radius 2 is 1.88 bits per heavy atom. The molecule has 0 aliphatic heterocycles. The van der Waals surface area contributed by atoms with Gasteiger partial charge >= 0.3 is 6.18 Å². The predicted octanol–water partition coefficient (Wildman–Crippen LogP) is 4.80. The Labute approximate surface area is 151 Å². The molecule has 0 fully saturated rings. The van der Waals surface area contributed by atoms with Crippen LogP contribution >= 0.6 is 11.3 Å². The zero-order valence-corrected chi connectivity index (χ0v) is 14.3. The fraction of sp³-hybridized carbons (Fsp3) is 0.167. The third kappa shape index (κ3) is 4.45. The van der Waals surface area contributed by atoms with Crippen molar-refractivity contribution in [2.75, 3.05) is 5.32 Å². The SMILES string of the molecule is O=C(CCc1csc(-c2ccccn2)n1)Nc1ccccc1C(F)(F)F. The number of benzene rings is 1. The van der Waals surface area contributed by atoms with Crippen LogP contribution in [0.2, 0.25) is 0 Å². The zero-order chi connectivity index (χ0) is 18.6. The molecule has 4 nitrogen and oxygen atoms in total. The Bertz CT molecular complexity index is 894. The number of aromatic nitrogens is 2. The standard InChI is InChI=1S/C18H14F3N3OS/c19-18(20,21)13-5-1-2-6-14(13)24-16(25)9-8-12-11-26-17(23-12)15-7-3-4-10-22-15/h1-7,10-11H,8-9H2,(H,24,25). The number of carbonyl (C=O) groups excluding carboxylic acids is 1. The van der Waals surface area contributed by atoms with Gasteiger partial charge in [0.2, 0.25) is 5.91 Å². The number of nitrogens with zero attached hydrogens (tertiary/aromatic N) is 2. The highest BCUT2D eigenvalue weighted by Gasteiger charge is 2.33. The van der Waals surface area contributed by atoms with E-state index in [1.807, 2.05) is 17.5 Å². The van der Waals surface area contributed by atoms with Crippen molar-refractivity contribution in [1.29, 1.82) is 0 Å². The summed E-state index contributed by atoms with van der Waals surface area (Å²) in [4.78, 5) is 20.6. The minimum Gasteiger partial charge on any atom is -0.325 e. The fourth-order valence-electron chi connectivity index (χ4n) is 2.32. The van der Waals surface area contributed by atoms with Crippen LogP contribution in [0, 0.1) is 0 Å². The molecule has 134 valence electrons. The fourth-order valence-corrected chi connectivity index (χ4v) is 3.15. The molecule has 1 aromatic carbocycles. The zero-order valence-electron chi connectivity index (χ0n) is 13.5. The number of alkyl halides is 3. The number of aryl methyl sites for hydroxylation is 1. The number of pyridine rings is 1. The van der Waals surface area contributed by atoms with Crippen LogP contribution < -0.4 is 5.32 Å². The normalized spacial score (nSPS) is 11.3. The first-order valence-electron chi connectivity index (χ1n) is 7.75. The summed E-state index contributed by atoms with van der Waals surface area (Å²) >= 11 is 1.41. The average molecular weight is 377 g/mol. The summed E-state index contributed by atoms with van der Waals surface area (Å²) in [6, 6.07) is 10.4. The first-order chi connectivity index (χ1) is 12.4. The van der Waals surface area contributed by atoms with Crippen LogP contribution in [0.5, 0.6) is 0 Å². The monoisotopic (exact) mass is 377 g/mol. The molecule has 0 aliphatic rings. The van der Waals surface area contributed by atoms with Crippen LogP contribution in [-0.2, 0) is 17.4 Å². The van der Waals surface area contributed by atoms with Crippen LogP contribution in [0.25, 0.3) is 10.7 Å². The topological polar surface area (TPSA) is 54.9 Å². The van der Waals surface area contributed by atoms with Gasteiger partial charge in [-0.2, -0.15) is 13.2 Å². The lowest BCUT2D eigenvalue weighted by Gasteiger charge is -2.13. The summed E-state index contributed by atoms with van der Waals surface area (Å²) in [7, 11) is 0. The highest BCUT2D eigenvalue weighted by atomic mass is 32.1. The third-order valence-electron chi connectivity index (χ3n) is 3.55. The highest BCUT2D eigenvalue weighted by Crippen LogP contribution is 2.34. The quantitative estimate of drug-likeness (QED) is 0.695. The van der Waals surface area contributed by atoms with E-state index < -0.39 is 17.6 Å². The molecule has 0 spiro atoms. The molecule has 0 unspecified atom stereocenters. The number of rotatable bonds is 5. The van der Waals surface area contributed by atoms with E-state index in [-0.39, 0.29) is 12.1 Å². The minimum absolute atomic E-state index is 0.0393. The summed E-state index contributed by atoms with van der Waals surface area (Å²) in [5.74, 6) is -0.492. The molecule has 3 aromatic rings. The molecule has 1 N–H and O–H groups in total. The number of hydrogen-bond acceptors (Lipinski definition) is 4. The average Bonchev–Trinajstić information content (AvgIpc) is 3.09. The van der Waals surface area contributed by atoms with E-state index >= 15 is 0 Å². The number of amides is 1.